The monoisotopic (exact) mass is 520 g/mol. The van der Waals surface area contributed by atoms with Crippen LogP contribution in [0.5, 0.6) is 0 Å². The third-order valence-corrected chi connectivity index (χ3v) is 7.23. The van der Waals surface area contributed by atoms with Crippen molar-refractivity contribution in [3.63, 3.8) is 0 Å². The van der Waals surface area contributed by atoms with Crippen molar-refractivity contribution in [2.24, 2.45) is 0 Å². The molecule has 1 aliphatic rings. The second-order valence-corrected chi connectivity index (χ2v) is 11.3. The number of hydrogen-bond acceptors (Lipinski definition) is 7. The van der Waals surface area contributed by atoms with Crippen molar-refractivity contribution in [2.75, 3.05) is 13.2 Å². The molecule has 0 unspecified atom stereocenters. The molecule has 0 radical (unpaired) electrons. The number of benzene rings is 2. The summed E-state index contributed by atoms with van der Waals surface area (Å²) in [7, 11) is -3.85. The Balaban J connectivity index is 1.50. The molecule has 1 aliphatic heterocycles. The predicted molar refractivity (Wildman–Crippen MR) is 132 cm³/mol. The molecule has 1 atom stereocenters. The van der Waals surface area contributed by atoms with E-state index in [1.165, 1.54) is 12.1 Å². The molecule has 2 N–H and O–H groups in total. The summed E-state index contributed by atoms with van der Waals surface area (Å²) in [6.07, 6.45) is 0.452. The molecule has 194 valence electrons. The number of nitrogens with one attached hydrogen (secondary N) is 2. The average molecular weight is 521 g/mol. The maximum atomic E-state index is 13.4. The van der Waals surface area contributed by atoms with E-state index < -0.39 is 46.3 Å². The molecule has 2 aromatic carbocycles. The summed E-state index contributed by atoms with van der Waals surface area (Å²) < 4.78 is 49.3. The molecule has 1 heterocycles. The van der Waals surface area contributed by atoms with Crippen LogP contribution in [0.4, 0.5) is 14.0 Å². The van der Waals surface area contributed by atoms with Gasteiger partial charge in [-0.1, -0.05) is 30.3 Å². The molecular weight excluding hydrogens is 491 g/mol. The third-order valence-electron chi connectivity index (χ3n) is 5.37. The van der Waals surface area contributed by atoms with E-state index in [9.17, 15) is 27.2 Å². The van der Waals surface area contributed by atoms with Crippen molar-refractivity contribution in [1.29, 1.82) is 0 Å². The smallest absolute Gasteiger partial charge is 0.408 e. The number of ether oxygens (including phenoxy) is 2. The first-order chi connectivity index (χ1) is 16.9. The zero-order valence-corrected chi connectivity index (χ0v) is 21.1. The topological polar surface area (TPSA) is 128 Å². The van der Waals surface area contributed by atoms with Gasteiger partial charge in [0.15, 0.2) is 0 Å². The minimum Gasteiger partial charge on any atom is -0.444 e. The fourth-order valence-electron chi connectivity index (χ4n) is 3.70. The Morgan fingerprint density at radius 3 is 2.44 bits per heavy atom. The molecule has 0 bridgehead atoms. The van der Waals surface area contributed by atoms with Gasteiger partial charge in [0.2, 0.25) is 9.84 Å². The normalized spacial score (nSPS) is 14.9. The van der Waals surface area contributed by atoms with E-state index in [4.69, 9.17) is 9.47 Å². The van der Waals surface area contributed by atoms with Gasteiger partial charge in [-0.3, -0.25) is 4.79 Å². The molecule has 2 aromatic rings. The summed E-state index contributed by atoms with van der Waals surface area (Å²) in [5, 5.41) is 6.30. The van der Waals surface area contributed by atoms with Gasteiger partial charge in [-0.25, -0.2) is 18.0 Å². The molecule has 0 fully saturated rings. The van der Waals surface area contributed by atoms with Crippen molar-refractivity contribution in [2.45, 2.75) is 56.6 Å². The van der Waals surface area contributed by atoms with Crippen molar-refractivity contribution < 1.29 is 36.7 Å². The van der Waals surface area contributed by atoms with Crippen LogP contribution in [0, 0.1) is 0 Å². The number of halogens is 1. The second kappa shape index (κ2) is 11.1. The Morgan fingerprint density at radius 1 is 1.03 bits per heavy atom. The minimum atomic E-state index is -3.85. The highest BCUT2D eigenvalue weighted by Gasteiger charge is 2.32. The van der Waals surface area contributed by atoms with E-state index in [-0.39, 0.29) is 22.8 Å². The van der Waals surface area contributed by atoms with Crippen molar-refractivity contribution in [3.05, 3.63) is 46.9 Å². The highest BCUT2D eigenvalue weighted by molar-refractivity contribution is 7.95. The molecule has 0 saturated carbocycles. The van der Waals surface area contributed by atoms with E-state index in [0.29, 0.717) is 18.4 Å². The Hall–Kier alpha value is -3.47. The lowest BCUT2D eigenvalue weighted by Gasteiger charge is -2.19. The molecule has 2 amide bonds. The van der Waals surface area contributed by atoms with Gasteiger partial charge in [-0.05, 0) is 62.9 Å². The highest BCUT2D eigenvalue weighted by atomic mass is 32.2. The number of hydrogen-bond donors (Lipinski definition) is 2. The maximum Gasteiger partial charge on any atom is 0.408 e. The minimum absolute atomic E-state index is 0.0289. The molecular formula is C25H29FN2O7S. The zero-order valence-electron chi connectivity index (χ0n) is 20.3. The Kier molecular flexibility index (Phi) is 8.34. The quantitative estimate of drug-likeness (QED) is 0.374. The van der Waals surface area contributed by atoms with Crippen LogP contribution < -0.4 is 10.6 Å². The Bertz CT molecular complexity index is 1300. The summed E-state index contributed by atoms with van der Waals surface area (Å²) >= 11 is 0. The van der Waals surface area contributed by atoms with Crippen LogP contribution in [0.1, 0.15) is 45.6 Å². The SMILES string of the molecule is CC(C)(C)OC(=O)NCCCC[C@H](NC(=O)OCC1=Cc2c(ccc3ccccc23)S1(=O)=O)C(=O)F. The number of fused-ring (bicyclic) bond motifs is 3. The van der Waals surface area contributed by atoms with E-state index in [2.05, 4.69) is 10.6 Å². The largest absolute Gasteiger partial charge is 0.444 e. The van der Waals surface area contributed by atoms with Gasteiger partial charge in [0, 0.05) is 12.1 Å². The number of sulfone groups is 1. The van der Waals surface area contributed by atoms with Crippen LogP contribution >= 0.6 is 0 Å². The van der Waals surface area contributed by atoms with E-state index in [0.717, 1.165) is 10.8 Å². The number of alkyl carbamates (subject to hydrolysis) is 2. The van der Waals surface area contributed by atoms with Gasteiger partial charge >= 0.3 is 18.2 Å². The molecule has 0 aromatic heterocycles. The first-order valence-corrected chi connectivity index (χ1v) is 12.9. The van der Waals surface area contributed by atoms with E-state index >= 15 is 0 Å². The van der Waals surface area contributed by atoms with Gasteiger partial charge in [-0.15, -0.1) is 0 Å². The Morgan fingerprint density at radius 2 is 1.75 bits per heavy atom. The number of amides is 2. The summed E-state index contributed by atoms with van der Waals surface area (Å²) in [6.45, 7) is 4.87. The van der Waals surface area contributed by atoms with Gasteiger partial charge in [0.25, 0.3) is 0 Å². The summed E-state index contributed by atoms with van der Waals surface area (Å²) in [5.74, 6) is 0. The van der Waals surface area contributed by atoms with Crippen molar-refractivity contribution >= 4 is 44.9 Å². The summed E-state index contributed by atoms with van der Waals surface area (Å²) in [5.41, 5.74) is -0.117. The third kappa shape index (κ3) is 6.81. The summed E-state index contributed by atoms with van der Waals surface area (Å²) in [4.78, 5) is 35.1. The molecule has 0 saturated heterocycles. The average Bonchev–Trinajstić information content (AvgIpc) is 3.05. The maximum absolute atomic E-state index is 13.4. The summed E-state index contributed by atoms with van der Waals surface area (Å²) in [6, 6.07) is 7.32. The lowest BCUT2D eigenvalue weighted by Crippen LogP contribution is -2.40. The molecule has 0 spiro atoms. The first kappa shape index (κ1) is 27.1. The lowest BCUT2D eigenvalue weighted by molar-refractivity contribution is -0.131. The van der Waals surface area contributed by atoms with Gasteiger partial charge in [-0.2, -0.15) is 4.39 Å². The number of carbonyl (C=O) groups is 3. The van der Waals surface area contributed by atoms with Gasteiger partial charge in [0.1, 0.15) is 18.2 Å². The molecule has 0 aliphatic carbocycles. The molecule has 11 heteroatoms. The van der Waals surface area contributed by atoms with Gasteiger partial charge in [0.05, 0.1) is 9.80 Å². The fraction of sp³-hybridized carbons (Fsp3) is 0.400. The first-order valence-electron chi connectivity index (χ1n) is 11.5. The van der Waals surface area contributed by atoms with Crippen LogP contribution in [0.3, 0.4) is 0 Å². The van der Waals surface area contributed by atoms with Crippen LogP contribution in [0.25, 0.3) is 16.8 Å². The highest BCUT2D eigenvalue weighted by Crippen LogP contribution is 2.37. The second-order valence-electron chi connectivity index (χ2n) is 9.31. The standard InChI is InChI=1S/C25H29FN2O7S/c1-25(2,3)35-23(30)27-13-7-6-10-20(22(26)29)28-24(31)34-15-17-14-19-18-9-5-4-8-16(18)11-12-21(19)36(17,32)33/h4-5,8-9,11-12,14,20H,6-7,10,13,15H2,1-3H3,(H,27,30)(H,28,31)/t20-/m0/s1. The fourth-order valence-corrected chi connectivity index (χ4v) is 5.17. The van der Waals surface area contributed by atoms with Crippen molar-refractivity contribution in [3.8, 4) is 0 Å². The number of carbonyl (C=O) groups excluding carboxylic acids is 3. The lowest BCUT2D eigenvalue weighted by atomic mass is 10.0. The van der Waals surface area contributed by atoms with Crippen LogP contribution in [0.2, 0.25) is 0 Å². The van der Waals surface area contributed by atoms with E-state index in [1.54, 1.807) is 39.0 Å². The van der Waals surface area contributed by atoms with Crippen LogP contribution in [-0.4, -0.2) is 51.4 Å². The number of rotatable bonds is 9. The zero-order chi connectivity index (χ0) is 26.5. The van der Waals surface area contributed by atoms with Crippen LogP contribution in [-0.2, 0) is 24.1 Å². The molecule has 3 rings (SSSR count). The predicted octanol–water partition coefficient (Wildman–Crippen LogP) is 4.25. The molecule has 9 nitrogen and oxygen atoms in total. The Labute approximate surface area is 208 Å². The number of unbranched alkanes of at least 4 members (excludes halogenated alkanes) is 1. The van der Waals surface area contributed by atoms with E-state index in [1.807, 2.05) is 12.1 Å². The van der Waals surface area contributed by atoms with Gasteiger partial charge < -0.3 is 20.1 Å². The van der Waals surface area contributed by atoms with Crippen molar-refractivity contribution in [1.82, 2.24) is 10.6 Å². The molecule has 36 heavy (non-hydrogen) atoms. The van der Waals surface area contributed by atoms with Crippen LogP contribution in [0.15, 0.2) is 46.2 Å².